The van der Waals surface area contributed by atoms with Gasteiger partial charge in [0.1, 0.15) is 5.82 Å². The highest BCUT2D eigenvalue weighted by atomic mass is 19.1. The Balaban J connectivity index is 2.53. The predicted octanol–water partition coefficient (Wildman–Crippen LogP) is 1.81. The molecule has 0 amide bonds. The third-order valence-electron chi connectivity index (χ3n) is 2.07. The van der Waals surface area contributed by atoms with Gasteiger partial charge >= 0.3 is 0 Å². The summed E-state index contributed by atoms with van der Waals surface area (Å²) in [6, 6.07) is 6.45. The van der Waals surface area contributed by atoms with E-state index < -0.39 is 5.82 Å². The van der Waals surface area contributed by atoms with Crippen molar-refractivity contribution in [3.05, 3.63) is 30.1 Å². The van der Waals surface area contributed by atoms with E-state index >= 15 is 0 Å². The highest BCUT2D eigenvalue weighted by molar-refractivity contribution is 5.64. The van der Waals surface area contributed by atoms with Crippen molar-refractivity contribution in [2.75, 3.05) is 12.8 Å². The number of hydrogen-bond acceptors (Lipinski definition) is 3. The van der Waals surface area contributed by atoms with Crippen LogP contribution >= 0.6 is 0 Å². The van der Waals surface area contributed by atoms with Crippen molar-refractivity contribution >= 4 is 5.82 Å². The second-order valence-corrected chi connectivity index (χ2v) is 3.03. The number of hydrogen-bond donors (Lipinski definition) is 2. The molecule has 5 heteroatoms. The van der Waals surface area contributed by atoms with Crippen molar-refractivity contribution in [2.24, 2.45) is 0 Å². The van der Waals surface area contributed by atoms with Crippen molar-refractivity contribution in [1.82, 2.24) is 10.2 Å². The van der Waals surface area contributed by atoms with Crippen LogP contribution in [0.25, 0.3) is 11.3 Å². The lowest BCUT2D eigenvalue weighted by molar-refractivity contribution is 0.387. The zero-order chi connectivity index (χ0) is 10.8. The second-order valence-electron chi connectivity index (χ2n) is 3.03. The van der Waals surface area contributed by atoms with Crippen molar-refractivity contribution in [3.63, 3.8) is 0 Å². The molecule has 0 fully saturated rings. The minimum absolute atomic E-state index is 0.195. The number of anilines is 1. The number of nitrogens with zero attached hydrogens (tertiary/aromatic N) is 1. The van der Waals surface area contributed by atoms with E-state index in [1.54, 1.807) is 24.3 Å². The summed E-state index contributed by atoms with van der Waals surface area (Å²) >= 11 is 0. The van der Waals surface area contributed by atoms with Crippen molar-refractivity contribution < 1.29 is 9.13 Å². The molecule has 1 aromatic carbocycles. The molecule has 0 atom stereocenters. The highest BCUT2D eigenvalue weighted by Crippen LogP contribution is 2.28. The lowest BCUT2D eigenvalue weighted by atomic mass is 10.1. The maximum absolute atomic E-state index is 13.8. The van der Waals surface area contributed by atoms with E-state index in [-0.39, 0.29) is 5.75 Å². The number of nitrogens with two attached hydrogens (primary N) is 1. The van der Waals surface area contributed by atoms with E-state index in [2.05, 4.69) is 10.2 Å². The summed E-state index contributed by atoms with van der Waals surface area (Å²) in [5.41, 5.74) is 6.36. The Hall–Kier alpha value is -2.04. The largest absolute Gasteiger partial charge is 0.494 e. The Bertz CT molecular complexity index is 481. The maximum atomic E-state index is 13.8. The van der Waals surface area contributed by atoms with Crippen LogP contribution in [0.3, 0.4) is 0 Å². The summed E-state index contributed by atoms with van der Waals surface area (Å²) in [6.45, 7) is 0. The average molecular weight is 207 g/mol. The van der Waals surface area contributed by atoms with Gasteiger partial charge in [0, 0.05) is 11.6 Å². The summed E-state index contributed by atoms with van der Waals surface area (Å²) in [5.74, 6) is 0.0940. The monoisotopic (exact) mass is 207 g/mol. The van der Waals surface area contributed by atoms with Crippen LogP contribution in [0.15, 0.2) is 24.3 Å². The smallest absolute Gasteiger partial charge is 0.174 e. The van der Waals surface area contributed by atoms with Gasteiger partial charge in [0.15, 0.2) is 11.6 Å². The number of nitrogens with one attached hydrogen (secondary N) is 1. The molecule has 0 radical (unpaired) electrons. The Kier molecular flexibility index (Phi) is 2.29. The molecule has 1 heterocycles. The van der Waals surface area contributed by atoms with Gasteiger partial charge in [0.05, 0.1) is 12.8 Å². The lowest BCUT2D eigenvalue weighted by Crippen LogP contribution is -1.91. The number of methoxy groups -OCH3 is 1. The van der Waals surface area contributed by atoms with Crippen LogP contribution in [0.5, 0.6) is 5.75 Å². The highest BCUT2D eigenvalue weighted by Gasteiger charge is 2.11. The standard InChI is InChI=1S/C10H10FN3O/c1-15-8-4-2-3-6(10(8)11)7-5-9(12)14-13-7/h2-5H,1H3,(H3,12,13,14). The number of aromatic nitrogens is 2. The minimum Gasteiger partial charge on any atom is -0.494 e. The van der Waals surface area contributed by atoms with Gasteiger partial charge in [-0.2, -0.15) is 5.10 Å². The number of aromatic amines is 1. The number of rotatable bonds is 2. The van der Waals surface area contributed by atoms with E-state index in [1.807, 2.05) is 0 Å². The van der Waals surface area contributed by atoms with E-state index in [9.17, 15) is 4.39 Å². The molecule has 0 bridgehead atoms. The topological polar surface area (TPSA) is 63.9 Å². The van der Waals surface area contributed by atoms with E-state index in [0.29, 0.717) is 17.1 Å². The fourth-order valence-electron chi connectivity index (χ4n) is 1.35. The molecule has 1 aromatic heterocycles. The molecule has 0 spiro atoms. The first-order valence-electron chi connectivity index (χ1n) is 4.36. The predicted molar refractivity (Wildman–Crippen MR) is 54.9 cm³/mol. The molecule has 78 valence electrons. The van der Waals surface area contributed by atoms with Crippen LogP contribution < -0.4 is 10.5 Å². The molecule has 0 aliphatic carbocycles. The van der Waals surface area contributed by atoms with Crippen LogP contribution in [0, 0.1) is 5.82 Å². The van der Waals surface area contributed by atoms with Gasteiger partial charge in [-0.3, -0.25) is 5.10 Å². The lowest BCUT2D eigenvalue weighted by Gasteiger charge is -2.04. The van der Waals surface area contributed by atoms with Crippen LogP contribution in [-0.4, -0.2) is 17.3 Å². The van der Waals surface area contributed by atoms with Gasteiger partial charge in [-0.25, -0.2) is 4.39 Å². The molecule has 0 aliphatic heterocycles. The van der Waals surface area contributed by atoms with Crippen molar-refractivity contribution in [1.29, 1.82) is 0 Å². The molecular formula is C10H10FN3O. The first kappa shape index (κ1) is 9.51. The molecule has 2 rings (SSSR count). The molecule has 0 saturated carbocycles. The van der Waals surface area contributed by atoms with E-state index in [4.69, 9.17) is 10.5 Å². The second kappa shape index (κ2) is 3.61. The Labute approximate surface area is 85.9 Å². The van der Waals surface area contributed by atoms with Gasteiger partial charge in [0.25, 0.3) is 0 Å². The molecule has 0 unspecified atom stereocenters. The summed E-state index contributed by atoms with van der Waals surface area (Å²) in [4.78, 5) is 0. The van der Waals surface area contributed by atoms with E-state index in [0.717, 1.165) is 0 Å². The van der Waals surface area contributed by atoms with Crippen molar-refractivity contribution in [2.45, 2.75) is 0 Å². The van der Waals surface area contributed by atoms with Gasteiger partial charge in [0.2, 0.25) is 0 Å². The number of H-pyrrole nitrogens is 1. The minimum atomic E-state index is -0.427. The number of halogens is 1. The van der Waals surface area contributed by atoms with Gasteiger partial charge in [-0.15, -0.1) is 0 Å². The van der Waals surface area contributed by atoms with Crippen LogP contribution in [0.4, 0.5) is 10.2 Å². The number of ether oxygens (including phenoxy) is 1. The molecule has 0 aliphatic rings. The fourth-order valence-corrected chi connectivity index (χ4v) is 1.35. The number of benzene rings is 1. The third kappa shape index (κ3) is 1.63. The van der Waals surface area contributed by atoms with E-state index in [1.165, 1.54) is 7.11 Å². The van der Waals surface area contributed by atoms with Gasteiger partial charge in [-0.05, 0) is 12.1 Å². The molecule has 4 nitrogen and oxygen atoms in total. The first-order chi connectivity index (χ1) is 7.22. The molecule has 0 saturated heterocycles. The number of nitrogen functional groups attached to an aromatic ring is 1. The zero-order valence-electron chi connectivity index (χ0n) is 8.12. The van der Waals surface area contributed by atoms with Crippen LogP contribution in [-0.2, 0) is 0 Å². The quantitative estimate of drug-likeness (QED) is 0.789. The summed E-state index contributed by atoms with van der Waals surface area (Å²) in [6.07, 6.45) is 0. The summed E-state index contributed by atoms with van der Waals surface area (Å²) < 4.78 is 18.6. The first-order valence-corrected chi connectivity index (χ1v) is 4.36. The SMILES string of the molecule is COc1cccc(-c2cc(N)n[nH]2)c1F. The van der Waals surface area contributed by atoms with Crippen molar-refractivity contribution in [3.8, 4) is 17.0 Å². The molecular weight excluding hydrogens is 197 g/mol. The van der Waals surface area contributed by atoms with Gasteiger partial charge in [-0.1, -0.05) is 6.07 Å². The third-order valence-corrected chi connectivity index (χ3v) is 2.07. The van der Waals surface area contributed by atoms with Crippen LogP contribution in [0.1, 0.15) is 0 Å². The molecule has 15 heavy (non-hydrogen) atoms. The zero-order valence-corrected chi connectivity index (χ0v) is 8.12. The van der Waals surface area contributed by atoms with Crippen LogP contribution in [0.2, 0.25) is 0 Å². The Morgan fingerprint density at radius 2 is 2.27 bits per heavy atom. The fraction of sp³-hybridized carbons (Fsp3) is 0.100. The van der Waals surface area contributed by atoms with Gasteiger partial charge < -0.3 is 10.5 Å². The summed E-state index contributed by atoms with van der Waals surface area (Å²) in [7, 11) is 1.42. The maximum Gasteiger partial charge on any atom is 0.174 e. The average Bonchev–Trinajstić information content (AvgIpc) is 2.65. The molecule has 3 N–H and O–H groups in total. The normalized spacial score (nSPS) is 10.3. The summed E-state index contributed by atoms with van der Waals surface area (Å²) in [5, 5.41) is 6.38. The Morgan fingerprint density at radius 1 is 1.47 bits per heavy atom. The molecule has 2 aromatic rings. The Morgan fingerprint density at radius 3 is 2.87 bits per heavy atom.